The minimum absolute atomic E-state index is 0.0244. The third kappa shape index (κ3) is 5.67. The van der Waals surface area contributed by atoms with E-state index in [2.05, 4.69) is 19.7 Å². The van der Waals surface area contributed by atoms with E-state index in [-0.39, 0.29) is 28.9 Å². The number of carbonyl (C=O) groups is 1. The van der Waals surface area contributed by atoms with Gasteiger partial charge < -0.3 is 14.2 Å². The standard InChI is InChI=1S/C23H26N4O6S/c1-15-13-25-20(21(26-15)31-4)27-34(29,30)18-7-6-12-24-19(18)17-10-8-16(9-11-17)14-33-23(2,3)22(28)32-5/h6-13H,14H2,1-5H3,(H,25,27). The molecule has 1 N–H and O–H groups in total. The summed E-state index contributed by atoms with van der Waals surface area (Å²) in [6.07, 6.45) is 2.95. The van der Waals surface area contributed by atoms with Gasteiger partial charge in [-0.1, -0.05) is 24.3 Å². The van der Waals surface area contributed by atoms with Gasteiger partial charge in [-0.2, -0.15) is 0 Å². The first-order valence-corrected chi connectivity index (χ1v) is 11.7. The van der Waals surface area contributed by atoms with Gasteiger partial charge in [-0.25, -0.2) is 23.2 Å². The molecule has 1 aromatic carbocycles. The Morgan fingerprint density at radius 2 is 1.79 bits per heavy atom. The summed E-state index contributed by atoms with van der Waals surface area (Å²) < 4.78 is 44.3. The molecule has 0 aliphatic heterocycles. The molecule has 3 aromatic rings. The van der Waals surface area contributed by atoms with Crippen LogP contribution in [-0.2, 0) is 30.9 Å². The summed E-state index contributed by atoms with van der Waals surface area (Å²) in [6, 6.07) is 10.0. The maximum Gasteiger partial charge on any atom is 0.337 e. The van der Waals surface area contributed by atoms with E-state index in [0.717, 1.165) is 5.56 Å². The predicted molar refractivity (Wildman–Crippen MR) is 125 cm³/mol. The molecular formula is C23H26N4O6S. The molecule has 2 heterocycles. The smallest absolute Gasteiger partial charge is 0.337 e. The van der Waals surface area contributed by atoms with Gasteiger partial charge in [0, 0.05) is 11.8 Å². The lowest BCUT2D eigenvalue weighted by molar-refractivity contribution is -0.166. The molecule has 180 valence electrons. The van der Waals surface area contributed by atoms with Crippen molar-refractivity contribution in [3.8, 4) is 17.1 Å². The van der Waals surface area contributed by atoms with E-state index in [1.54, 1.807) is 45.0 Å². The van der Waals surface area contributed by atoms with Crippen molar-refractivity contribution >= 4 is 21.8 Å². The van der Waals surface area contributed by atoms with Crippen LogP contribution < -0.4 is 9.46 Å². The van der Waals surface area contributed by atoms with E-state index < -0.39 is 21.6 Å². The first-order valence-electron chi connectivity index (χ1n) is 10.2. The van der Waals surface area contributed by atoms with Gasteiger partial charge in [0.2, 0.25) is 5.82 Å². The normalized spacial score (nSPS) is 11.7. The number of carbonyl (C=O) groups excluding carboxylic acids is 1. The quantitative estimate of drug-likeness (QED) is 0.453. The third-order valence-electron chi connectivity index (χ3n) is 4.85. The fourth-order valence-electron chi connectivity index (χ4n) is 3.00. The molecular weight excluding hydrogens is 460 g/mol. The number of pyridine rings is 1. The van der Waals surface area contributed by atoms with Crippen molar-refractivity contribution in [2.75, 3.05) is 18.9 Å². The highest BCUT2D eigenvalue weighted by atomic mass is 32.2. The van der Waals surface area contributed by atoms with Gasteiger partial charge in [-0.05, 0) is 38.5 Å². The number of esters is 1. The summed E-state index contributed by atoms with van der Waals surface area (Å²) >= 11 is 0. The van der Waals surface area contributed by atoms with Crippen molar-refractivity contribution in [1.82, 2.24) is 15.0 Å². The third-order valence-corrected chi connectivity index (χ3v) is 6.22. The predicted octanol–water partition coefficient (Wildman–Crippen LogP) is 3.12. The fraction of sp³-hybridized carbons (Fsp3) is 0.304. The Morgan fingerprint density at radius 3 is 2.44 bits per heavy atom. The lowest BCUT2D eigenvalue weighted by atomic mass is 10.1. The Kier molecular flexibility index (Phi) is 7.48. The number of anilines is 1. The highest BCUT2D eigenvalue weighted by molar-refractivity contribution is 7.92. The minimum Gasteiger partial charge on any atom is -0.478 e. The lowest BCUT2D eigenvalue weighted by Crippen LogP contribution is -2.35. The average molecular weight is 487 g/mol. The minimum atomic E-state index is -4.06. The summed E-state index contributed by atoms with van der Waals surface area (Å²) in [5.74, 6) is -0.438. The zero-order valence-electron chi connectivity index (χ0n) is 19.5. The lowest BCUT2D eigenvalue weighted by Gasteiger charge is -2.22. The second-order valence-corrected chi connectivity index (χ2v) is 9.46. The largest absolute Gasteiger partial charge is 0.478 e. The molecule has 0 atom stereocenters. The molecule has 34 heavy (non-hydrogen) atoms. The van der Waals surface area contributed by atoms with E-state index in [0.29, 0.717) is 11.3 Å². The zero-order valence-corrected chi connectivity index (χ0v) is 20.3. The van der Waals surface area contributed by atoms with E-state index in [4.69, 9.17) is 14.2 Å². The van der Waals surface area contributed by atoms with Crippen LogP contribution in [0.5, 0.6) is 5.88 Å². The molecule has 11 heteroatoms. The maximum absolute atomic E-state index is 13.2. The highest BCUT2D eigenvalue weighted by Gasteiger charge is 2.29. The van der Waals surface area contributed by atoms with E-state index in [9.17, 15) is 13.2 Å². The van der Waals surface area contributed by atoms with Gasteiger partial charge in [0.1, 0.15) is 4.90 Å². The molecule has 0 spiro atoms. The Bertz CT molecular complexity index is 1280. The number of nitrogens with one attached hydrogen (secondary N) is 1. The van der Waals surface area contributed by atoms with Crippen LogP contribution in [0.3, 0.4) is 0 Å². The van der Waals surface area contributed by atoms with Gasteiger partial charge in [-0.3, -0.25) is 9.71 Å². The molecule has 10 nitrogen and oxygen atoms in total. The van der Waals surface area contributed by atoms with Crippen molar-refractivity contribution in [1.29, 1.82) is 0 Å². The number of ether oxygens (including phenoxy) is 3. The molecule has 0 aliphatic carbocycles. The molecule has 0 radical (unpaired) electrons. The van der Waals surface area contributed by atoms with Crippen LogP contribution in [0.25, 0.3) is 11.3 Å². The number of benzene rings is 1. The fourth-order valence-corrected chi connectivity index (χ4v) is 4.19. The number of aromatic nitrogens is 3. The number of methoxy groups -OCH3 is 2. The monoisotopic (exact) mass is 486 g/mol. The summed E-state index contributed by atoms with van der Waals surface area (Å²) in [4.78, 5) is 24.3. The highest BCUT2D eigenvalue weighted by Crippen LogP contribution is 2.29. The number of rotatable bonds is 9. The van der Waals surface area contributed by atoms with Crippen molar-refractivity contribution in [3.05, 3.63) is 60.0 Å². The molecule has 2 aromatic heterocycles. The maximum atomic E-state index is 13.2. The first kappa shape index (κ1) is 25.1. The van der Waals surface area contributed by atoms with Gasteiger partial charge in [0.25, 0.3) is 15.9 Å². The number of hydrogen-bond donors (Lipinski definition) is 1. The Balaban J connectivity index is 1.86. The number of hydrogen-bond acceptors (Lipinski definition) is 9. The Hall–Kier alpha value is -3.57. The molecule has 0 saturated heterocycles. The van der Waals surface area contributed by atoms with Gasteiger partial charge in [0.15, 0.2) is 5.60 Å². The van der Waals surface area contributed by atoms with Crippen LogP contribution in [0.4, 0.5) is 5.82 Å². The summed E-state index contributed by atoms with van der Waals surface area (Å²) in [6.45, 7) is 5.14. The Labute approximate surface area is 198 Å². The molecule has 0 fully saturated rings. The van der Waals surface area contributed by atoms with Crippen LogP contribution in [0.1, 0.15) is 25.1 Å². The topological polar surface area (TPSA) is 130 Å². The van der Waals surface area contributed by atoms with E-state index in [1.807, 2.05) is 0 Å². The zero-order chi connectivity index (χ0) is 24.9. The van der Waals surface area contributed by atoms with Crippen molar-refractivity contribution in [2.45, 2.75) is 37.9 Å². The van der Waals surface area contributed by atoms with Crippen LogP contribution in [0.2, 0.25) is 0 Å². The molecule has 0 aliphatic rings. The van der Waals surface area contributed by atoms with Crippen molar-refractivity contribution in [2.24, 2.45) is 0 Å². The molecule has 0 saturated carbocycles. The van der Waals surface area contributed by atoms with Crippen LogP contribution in [0.15, 0.2) is 53.7 Å². The second kappa shape index (κ2) is 10.1. The second-order valence-electron chi connectivity index (χ2n) is 7.81. The summed E-state index contributed by atoms with van der Waals surface area (Å²) in [7, 11) is -1.37. The summed E-state index contributed by atoms with van der Waals surface area (Å²) in [5, 5.41) is 0. The van der Waals surface area contributed by atoms with Crippen LogP contribution >= 0.6 is 0 Å². The van der Waals surface area contributed by atoms with Crippen molar-refractivity contribution in [3.63, 3.8) is 0 Å². The van der Waals surface area contributed by atoms with Gasteiger partial charge >= 0.3 is 5.97 Å². The number of nitrogens with zero attached hydrogens (tertiary/aromatic N) is 3. The van der Waals surface area contributed by atoms with Gasteiger partial charge in [-0.15, -0.1) is 0 Å². The number of sulfonamides is 1. The Morgan fingerprint density at radius 1 is 1.09 bits per heavy atom. The summed E-state index contributed by atoms with van der Waals surface area (Å²) in [5.41, 5.74) is 1.12. The van der Waals surface area contributed by atoms with Crippen LogP contribution in [-0.4, -0.2) is 49.2 Å². The van der Waals surface area contributed by atoms with Crippen LogP contribution in [0, 0.1) is 6.92 Å². The average Bonchev–Trinajstić information content (AvgIpc) is 2.83. The van der Waals surface area contributed by atoms with Crippen molar-refractivity contribution < 1.29 is 27.4 Å². The SMILES string of the molecule is COC(=O)C(C)(C)OCc1ccc(-c2ncccc2S(=O)(=O)Nc2ncc(C)nc2OC)cc1. The molecule has 0 bridgehead atoms. The molecule has 3 rings (SSSR count). The van der Waals surface area contributed by atoms with Gasteiger partial charge in [0.05, 0.1) is 38.4 Å². The van der Waals surface area contributed by atoms with E-state index in [1.165, 1.54) is 38.7 Å². The molecule has 0 amide bonds. The molecule has 0 unspecified atom stereocenters. The number of aryl methyl sites for hydroxylation is 1. The first-order chi connectivity index (χ1) is 16.1. The van der Waals surface area contributed by atoms with E-state index >= 15 is 0 Å².